The lowest BCUT2D eigenvalue weighted by Crippen LogP contribution is -2.23. The van der Waals surface area contributed by atoms with E-state index in [4.69, 9.17) is 5.11 Å². The minimum Gasteiger partial charge on any atom is -0.481 e. The molecule has 1 heterocycles. The third-order valence-corrected chi connectivity index (χ3v) is 2.14. The van der Waals surface area contributed by atoms with Crippen LogP contribution in [0, 0.1) is 17.0 Å². The third kappa shape index (κ3) is 3.37. The molecule has 1 rings (SSSR count). The number of aliphatic carboxylic acids is 1. The SMILES string of the molecule is Cc1nc(N(C)CCC(=O)O)ncc1[N+](=O)[O-]. The quantitative estimate of drug-likeness (QED) is 0.592. The molecule has 8 nitrogen and oxygen atoms in total. The monoisotopic (exact) mass is 240 g/mol. The summed E-state index contributed by atoms with van der Waals surface area (Å²) in [6.07, 6.45) is 1.07. The number of aryl methyl sites for hydroxylation is 1. The van der Waals surface area contributed by atoms with Gasteiger partial charge in [-0.25, -0.2) is 9.97 Å². The predicted octanol–water partition coefficient (Wildman–Crippen LogP) is 0.604. The highest BCUT2D eigenvalue weighted by Gasteiger charge is 2.15. The second-order valence-corrected chi connectivity index (χ2v) is 3.46. The first kappa shape index (κ1) is 12.8. The van der Waals surface area contributed by atoms with Gasteiger partial charge in [-0.2, -0.15) is 0 Å². The lowest BCUT2D eigenvalue weighted by molar-refractivity contribution is -0.386. The fourth-order valence-electron chi connectivity index (χ4n) is 1.17. The molecule has 0 aliphatic carbocycles. The Morgan fingerprint density at radius 3 is 2.76 bits per heavy atom. The molecule has 1 aromatic heterocycles. The Morgan fingerprint density at radius 1 is 1.65 bits per heavy atom. The lowest BCUT2D eigenvalue weighted by atomic mass is 10.4. The molecular weight excluding hydrogens is 228 g/mol. The Balaban J connectivity index is 2.82. The summed E-state index contributed by atoms with van der Waals surface area (Å²) in [5.74, 6) is -0.648. The van der Waals surface area contributed by atoms with Crippen molar-refractivity contribution >= 4 is 17.6 Å². The van der Waals surface area contributed by atoms with E-state index >= 15 is 0 Å². The van der Waals surface area contributed by atoms with Crippen molar-refractivity contribution < 1.29 is 14.8 Å². The summed E-state index contributed by atoms with van der Waals surface area (Å²) < 4.78 is 0. The average Bonchev–Trinajstić information content (AvgIpc) is 2.25. The van der Waals surface area contributed by atoms with Gasteiger partial charge in [-0.3, -0.25) is 14.9 Å². The normalized spacial score (nSPS) is 10.0. The number of carboxylic acid groups (broad SMARTS) is 1. The van der Waals surface area contributed by atoms with Crippen LogP contribution in [0.2, 0.25) is 0 Å². The third-order valence-electron chi connectivity index (χ3n) is 2.14. The Hall–Kier alpha value is -2.25. The van der Waals surface area contributed by atoms with Gasteiger partial charge in [0.2, 0.25) is 5.95 Å². The van der Waals surface area contributed by atoms with Crippen LogP contribution in [0.15, 0.2) is 6.20 Å². The maximum Gasteiger partial charge on any atom is 0.308 e. The van der Waals surface area contributed by atoms with Crippen molar-refractivity contribution in [3.8, 4) is 0 Å². The molecule has 0 saturated carbocycles. The van der Waals surface area contributed by atoms with Gasteiger partial charge in [0.25, 0.3) is 0 Å². The van der Waals surface area contributed by atoms with E-state index in [1.807, 2.05) is 0 Å². The van der Waals surface area contributed by atoms with Gasteiger partial charge in [0.1, 0.15) is 11.9 Å². The minimum atomic E-state index is -0.921. The topological polar surface area (TPSA) is 109 Å². The number of hydrogen-bond acceptors (Lipinski definition) is 6. The molecule has 0 saturated heterocycles. The zero-order valence-corrected chi connectivity index (χ0v) is 9.45. The zero-order chi connectivity index (χ0) is 13.0. The summed E-state index contributed by atoms with van der Waals surface area (Å²) in [5, 5.41) is 19.1. The van der Waals surface area contributed by atoms with Gasteiger partial charge in [0.05, 0.1) is 11.3 Å². The van der Waals surface area contributed by atoms with Crippen molar-refractivity contribution in [3.63, 3.8) is 0 Å². The van der Waals surface area contributed by atoms with Crippen LogP contribution in [0.5, 0.6) is 0 Å². The number of rotatable bonds is 5. The number of anilines is 1. The number of aromatic nitrogens is 2. The summed E-state index contributed by atoms with van der Waals surface area (Å²) in [7, 11) is 1.63. The van der Waals surface area contributed by atoms with Crippen molar-refractivity contribution in [2.75, 3.05) is 18.5 Å². The van der Waals surface area contributed by atoms with Crippen molar-refractivity contribution in [1.29, 1.82) is 0 Å². The summed E-state index contributed by atoms with van der Waals surface area (Å²) in [6, 6.07) is 0. The van der Waals surface area contributed by atoms with E-state index in [0.717, 1.165) is 6.20 Å². The molecule has 0 atom stereocenters. The van der Waals surface area contributed by atoms with E-state index in [-0.39, 0.29) is 30.3 Å². The van der Waals surface area contributed by atoms with E-state index < -0.39 is 10.9 Å². The van der Waals surface area contributed by atoms with E-state index in [1.165, 1.54) is 11.8 Å². The van der Waals surface area contributed by atoms with Crippen molar-refractivity contribution in [3.05, 3.63) is 22.0 Å². The Morgan fingerprint density at radius 2 is 2.29 bits per heavy atom. The first-order valence-corrected chi connectivity index (χ1v) is 4.82. The maximum atomic E-state index is 10.6. The molecule has 1 aromatic rings. The highest BCUT2D eigenvalue weighted by atomic mass is 16.6. The van der Waals surface area contributed by atoms with Gasteiger partial charge < -0.3 is 10.0 Å². The molecule has 0 aliphatic heterocycles. The van der Waals surface area contributed by atoms with Crippen molar-refractivity contribution in [2.24, 2.45) is 0 Å². The molecule has 8 heteroatoms. The molecule has 0 spiro atoms. The number of carbonyl (C=O) groups is 1. The number of hydrogen-bond donors (Lipinski definition) is 1. The van der Waals surface area contributed by atoms with Crippen LogP contribution in [0.4, 0.5) is 11.6 Å². The number of nitrogens with zero attached hydrogens (tertiary/aromatic N) is 4. The second-order valence-electron chi connectivity index (χ2n) is 3.46. The van der Waals surface area contributed by atoms with E-state index in [0.29, 0.717) is 0 Å². The summed E-state index contributed by atoms with van der Waals surface area (Å²) in [4.78, 5) is 29.7. The Labute approximate surface area is 97.1 Å². The highest BCUT2D eigenvalue weighted by Crippen LogP contribution is 2.16. The van der Waals surface area contributed by atoms with Gasteiger partial charge in [-0.15, -0.1) is 0 Å². The molecule has 0 amide bonds. The van der Waals surface area contributed by atoms with E-state index in [1.54, 1.807) is 7.05 Å². The van der Waals surface area contributed by atoms with Crippen molar-refractivity contribution in [1.82, 2.24) is 9.97 Å². The Bertz CT molecular complexity index is 449. The van der Waals surface area contributed by atoms with E-state index in [2.05, 4.69) is 9.97 Å². The molecule has 0 aliphatic rings. The summed E-state index contributed by atoms with van der Waals surface area (Å²) in [6.45, 7) is 1.75. The molecule has 0 fully saturated rings. The van der Waals surface area contributed by atoms with Gasteiger partial charge in [-0.1, -0.05) is 0 Å². The van der Waals surface area contributed by atoms with Gasteiger partial charge in [0, 0.05) is 13.6 Å². The maximum absolute atomic E-state index is 10.6. The molecule has 0 aromatic carbocycles. The zero-order valence-electron chi connectivity index (χ0n) is 9.45. The fraction of sp³-hybridized carbons (Fsp3) is 0.444. The van der Waals surface area contributed by atoms with Crippen LogP contribution in [-0.2, 0) is 4.79 Å². The summed E-state index contributed by atoms with van der Waals surface area (Å²) >= 11 is 0. The van der Waals surface area contributed by atoms with Crippen LogP contribution in [-0.4, -0.2) is 39.6 Å². The first-order valence-electron chi connectivity index (χ1n) is 4.82. The second kappa shape index (κ2) is 5.19. The van der Waals surface area contributed by atoms with Crippen LogP contribution >= 0.6 is 0 Å². The van der Waals surface area contributed by atoms with Gasteiger partial charge in [0.15, 0.2) is 0 Å². The lowest BCUT2D eigenvalue weighted by Gasteiger charge is -2.15. The molecule has 1 N–H and O–H groups in total. The number of nitro groups is 1. The van der Waals surface area contributed by atoms with Crippen LogP contribution in [0.1, 0.15) is 12.1 Å². The standard InChI is InChI=1S/C9H12N4O4/c1-6-7(13(16)17)5-10-9(11-6)12(2)4-3-8(14)15/h5H,3-4H2,1-2H3,(H,14,15). The molecule has 92 valence electrons. The van der Waals surface area contributed by atoms with Gasteiger partial charge in [-0.05, 0) is 6.92 Å². The fourth-order valence-corrected chi connectivity index (χ4v) is 1.17. The van der Waals surface area contributed by atoms with Crippen LogP contribution < -0.4 is 4.90 Å². The Kier molecular flexibility index (Phi) is 3.91. The van der Waals surface area contributed by atoms with Crippen LogP contribution in [0.3, 0.4) is 0 Å². The van der Waals surface area contributed by atoms with E-state index in [9.17, 15) is 14.9 Å². The smallest absolute Gasteiger partial charge is 0.308 e. The minimum absolute atomic E-state index is 0.0457. The largest absolute Gasteiger partial charge is 0.481 e. The average molecular weight is 240 g/mol. The molecule has 17 heavy (non-hydrogen) atoms. The van der Waals surface area contributed by atoms with Crippen molar-refractivity contribution in [2.45, 2.75) is 13.3 Å². The highest BCUT2D eigenvalue weighted by molar-refractivity contribution is 5.67. The summed E-state index contributed by atoms with van der Waals surface area (Å²) in [5.41, 5.74) is 0.0996. The molecule has 0 unspecified atom stereocenters. The van der Waals surface area contributed by atoms with Crippen LogP contribution in [0.25, 0.3) is 0 Å². The molecular formula is C9H12N4O4. The number of carboxylic acids is 1. The predicted molar refractivity (Wildman–Crippen MR) is 58.9 cm³/mol. The first-order chi connectivity index (χ1) is 7.91. The van der Waals surface area contributed by atoms with Gasteiger partial charge >= 0.3 is 11.7 Å². The molecule has 0 bridgehead atoms. The molecule has 0 radical (unpaired) electrons.